The molecule has 1 amide bonds. The van der Waals surface area contributed by atoms with Crippen LogP contribution in [0.5, 0.6) is 5.75 Å². The molecule has 0 aliphatic heterocycles. The summed E-state index contributed by atoms with van der Waals surface area (Å²) in [6.07, 6.45) is 0.733. The molecule has 2 aromatic carbocycles. The third kappa shape index (κ3) is 5.29. The fourth-order valence-electron chi connectivity index (χ4n) is 2.66. The summed E-state index contributed by atoms with van der Waals surface area (Å²) >= 11 is 5.88. The number of ether oxygens (including phenoxy) is 1. The largest absolute Gasteiger partial charge is 0.486 e. The molecule has 28 heavy (non-hydrogen) atoms. The van der Waals surface area contributed by atoms with Crippen LogP contribution in [0.1, 0.15) is 41.6 Å². The molecule has 0 bridgehead atoms. The second-order valence-electron chi connectivity index (χ2n) is 6.58. The molecule has 0 saturated heterocycles. The van der Waals surface area contributed by atoms with Crippen LogP contribution in [0.15, 0.2) is 48.5 Å². The van der Waals surface area contributed by atoms with Crippen molar-refractivity contribution in [1.29, 1.82) is 0 Å². The van der Waals surface area contributed by atoms with Gasteiger partial charge in [0.05, 0.1) is 6.04 Å². The van der Waals surface area contributed by atoms with Crippen LogP contribution in [0.4, 0.5) is 0 Å². The van der Waals surface area contributed by atoms with E-state index in [9.17, 15) is 4.79 Å². The van der Waals surface area contributed by atoms with Crippen molar-refractivity contribution in [2.45, 2.75) is 32.9 Å². The molecule has 3 aromatic rings. The summed E-state index contributed by atoms with van der Waals surface area (Å²) in [7, 11) is 0. The van der Waals surface area contributed by atoms with E-state index >= 15 is 0 Å². The van der Waals surface area contributed by atoms with Crippen LogP contribution in [-0.2, 0) is 13.0 Å². The van der Waals surface area contributed by atoms with Gasteiger partial charge in [0, 0.05) is 17.1 Å². The van der Waals surface area contributed by atoms with E-state index in [4.69, 9.17) is 16.3 Å². The van der Waals surface area contributed by atoms with E-state index in [0.29, 0.717) is 28.7 Å². The zero-order chi connectivity index (χ0) is 19.9. The molecule has 0 fully saturated rings. The van der Waals surface area contributed by atoms with Gasteiger partial charge >= 0.3 is 0 Å². The molecule has 0 saturated carbocycles. The van der Waals surface area contributed by atoms with Gasteiger partial charge in [-0.3, -0.25) is 4.79 Å². The minimum atomic E-state index is -0.147. The van der Waals surface area contributed by atoms with Crippen molar-refractivity contribution in [2.24, 2.45) is 0 Å². The molecule has 146 valence electrons. The van der Waals surface area contributed by atoms with Gasteiger partial charge in [-0.1, -0.05) is 29.8 Å². The maximum absolute atomic E-state index is 12.4. The van der Waals surface area contributed by atoms with Gasteiger partial charge in [-0.25, -0.2) is 4.68 Å². The van der Waals surface area contributed by atoms with Crippen molar-refractivity contribution in [3.8, 4) is 5.75 Å². The maximum atomic E-state index is 12.4. The van der Waals surface area contributed by atoms with E-state index in [1.165, 1.54) is 0 Å². The van der Waals surface area contributed by atoms with Crippen molar-refractivity contribution in [1.82, 2.24) is 25.5 Å². The molecule has 0 spiro atoms. The number of halogens is 1. The Morgan fingerprint density at radius 1 is 1.21 bits per heavy atom. The third-order valence-corrected chi connectivity index (χ3v) is 4.38. The van der Waals surface area contributed by atoms with E-state index in [1.54, 1.807) is 28.9 Å². The quantitative estimate of drug-likeness (QED) is 0.627. The van der Waals surface area contributed by atoms with E-state index in [-0.39, 0.29) is 18.6 Å². The Labute approximate surface area is 168 Å². The number of nitrogens with zero attached hydrogens (tertiary/aromatic N) is 4. The summed E-state index contributed by atoms with van der Waals surface area (Å²) in [5.74, 6) is 1.07. The normalized spacial score (nSPS) is 10.9. The summed E-state index contributed by atoms with van der Waals surface area (Å²) in [5, 5.41) is 15.2. The van der Waals surface area contributed by atoms with Gasteiger partial charge in [0.25, 0.3) is 5.91 Å². The van der Waals surface area contributed by atoms with E-state index < -0.39 is 0 Å². The van der Waals surface area contributed by atoms with Crippen LogP contribution < -0.4 is 10.1 Å². The lowest BCUT2D eigenvalue weighted by molar-refractivity contribution is 0.0953. The van der Waals surface area contributed by atoms with Gasteiger partial charge in [0.2, 0.25) is 0 Å². The highest BCUT2D eigenvalue weighted by atomic mass is 35.5. The number of benzene rings is 2. The maximum Gasteiger partial charge on any atom is 0.251 e. The van der Waals surface area contributed by atoms with Gasteiger partial charge in [0.1, 0.15) is 12.4 Å². The fourth-order valence-corrected chi connectivity index (χ4v) is 2.78. The number of hydrogen-bond donors (Lipinski definition) is 1. The van der Waals surface area contributed by atoms with Crippen LogP contribution >= 0.6 is 11.6 Å². The number of amides is 1. The highest BCUT2D eigenvalue weighted by Gasteiger charge is 2.11. The molecule has 0 aliphatic rings. The van der Waals surface area contributed by atoms with Crippen molar-refractivity contribution in [2.75, 3.05) is 6.54 Å². The molecular weight excluding hydrogens is 378 g/mol. The Balaban J connectivity index is 1.54. The minimum Gasteiger partial charge on any atom is -0.486 e. The SMILES string of the molecule is CC(C)n1nnnc1COc1cccc(C(=O)NCCc2ccc(Cl)cc2)c1. The summed E-state index contributed by atoms with van der Waals surface area (Å²) < 4.78 is 7.46. The molecule has 0 atom stereocenters. The molecule has 7 nitrogen and oxygen atoms in total. The number of carbonyl (C=O) groups excluding carboxylic acids is 1. The first kappa shape index (κ1) is 19.8. The molecule has 0 unspecified atom stereocenters. The van der Waals surface area contributed by atoms with Crippen LogP contribution in [0.3, 0.4) is 0 Å². The van der Waals surface area contributed by atoms with Crippen molar-refractivity contribution >= 4 is 17.5 Å². The monoisotopic (exact) mass is 399 g/mol. The minimum absolute atomic E-state index is 0.145. The third-order valence-electron chi connectivity index (χ3n) is 4.13. The predicted octanol–water partition coefficient (Wildman–Crippen LogP) is 3.46. The van der Waals surface area contributed by atoms with Crippen LogP contribution in [0.25, 0.3) is 0 Å². The molecule has 1 heterocycles. The van der Waals surface area contributed by atoms with Gasteiger partial charge < -0.3 is 10.1 Å². The summed E-state index contributed by atoms with van der Waals surface area (Å²) in [6.45, 7) is 4.76. The first-order valence-electron chi connectivity index (χ1n) is 9.05. The summed E-state index contributed by atoms with van der Waals surface area (Å²) in [5.41, 5.74) is 1.65. The Morgan fingerprint density at radius 2 is 2.00 bits per heavy atom. The highest BCUT2D eigenvalue weighted by molar-refractivity contribution is 6.30. The summed E-state index contributed by atoms with van der Waals surface area (Å²) in [4.78, 5) is 12.4. The molecule has 3 rings (SSSR count). The zero-order valence-corrected chi connectivity index (χ0v) is 16.6. The zero-order valence-electron chi connectivity index (χ0n) is 15.8. The van der Waals surface area contributed by atoms with Gasteiger partial charge in [-0.2, -0.15) is 0 Å². The Hall–Kier alpha value is -2.93. The molecule has 1 aromatic heterocycles. The smallest absolute Gasteiger partial charge is 0.251 e. The fraction of sp³-hybridized carbons (Fsp3) is 0.300. The topological polar surface area (TPSA) is 81.9 Å². The number of rotatable bonds is 8. The van der Waals surface area contributed by atoms with E-state index in [1.807, 2.05) is 38.1 Å². The Bertz CT molecular complexity index is 924. The predicted molar refractivity (Wildman–Crippen MR) is 106 cm³/mol. The number of nitrogens with one attached hydrogen (secondary N) is 1. The summed E-state index contributed by atoms with van der Waals surface area (Å²) in [6, 6.07) is 14.8. The van der Waals surface area contributed by atoms with E-state index in [0.717, 1.165) is 12.0 Å². The molecular formula is C20H22ClN5O2. The lowest BCUT2D eigenvalue weighted by Crippen LogP contribution is -2.25. The first-order valence-corrected chi connectivity index (χ1v) is 9.43. The number of carbonyl (C=O) groups is 1. The van der Waals surface area contributed by atoms with Gasteiger partial charge in [-0.15, -0.1) is 5.10 Å². The molecule has 0 aliphatic carbocycles. The van der Waals surface area contributed by atoms with E-state index in [2.05, 4.69) is 20.8 Å². The standard InChI is InChI=1S/C20H22ClN5O2/c1-14(2)26-19(23-24-25-26)13-28-18-5-3-4-16(12-18)20(27)22-11-10-15-6-8-17(21)9-7-15/h3-9,12,14H,10-11,13H2,1-2H3,(H,22,27). The first-order chi connectivity index (χ1) is 13.5. The Morgan fingerprint density at radius 3 is 2.75 bits per heavy atom. The Kier molecular flexibility index (Phi) is 6.60. The van der Waals surface area contributed by atoms with Crippen LogP contribution in [0, 0.1) is 0 Å². The van der Waals surface area contributed by atoms with Crippen LogP contribution in [0.2, 0.25) is 5.02 Å². The van der Waals surface area contributed by atoms with Gasteiger partial charge in [0.15, 0.2) is 5.82 Å². The van der Waals surface area contributed by atoms with Crippen molar-refractivity contribution in [3.63, 3.8) is 0 Å². The van der Waals surface area contributed by atoms with Crippen molar-refractivity contribution in [3.05, 3.63) is 70.5 Å². The number of hydrogen-bond acceptors (Lipinski definition) is 5. The number of tetrazole rings is 1. The average molecular weight is 400 g/mol. The lowest BCUT2D eigenvalue weighted by atomic mass is 10.1. The second kappa shape index (κ2) is 9.32. The highest BCUT2D eigenvalue weighted by Crippen LogP contribution is 2.16. The molecule has 0 radical (unpaired) electrons. The van der Waals surface area contributed by atoms with Gasteiger partial charge in [-0.05, 0) is 66.6 Å². The van der Waals surface area contributed by atoms with Crippen molar-refractivity contribution < 1.29 is 9.53 Å². The number of aromatic nitrogens is 4. The molecule has 8 heteroatoms. The second-order valence-corrected chi connectivity index (χ2v) is 7.02. The van der Waals surface area contributed by atoms with Crippen LogP contribution in [-0.4, -0.2) is 32.7 Å². The lowest BCUT2D eigenvalue weighted by Gasteiger charge is -2.10. The average Bonchev–Trinajstić information content (AvgIpc) is 3.17. The molecule has 1 N–H and O–H groups in total.